The fourth-order valence-electron chi connectivity index (χ4n) is 1.69. The largest absolute Gasteiger partial charge is 0.465 e. The number of nitrogens with one attached hydrogen (secondary N) is 1. The molecule has 1 N–H and O–H groups in total. The van der Waals surface area contributed by atoms with Crippen LogP contribution in [0.1, 0.15) is 17.1 Å². The van der Waals surface area contributed by atoms with Crippen molar-refractivity contribution in [2.45, 2.75) is 13.5 Å². The van der Waals surface area contributed by atoms with Gasteiger partial charge in [0.05, 0.1) is 6.54 Å². The number of hydrogen-bond acceptors (Lipinski definition) is 2. The van der Waals surface area contributed by atoms with Gasteiger partial charge >= 0.3 is 0 Å². The summed E-state index contributed by atoms with van der Waals surface area (Å²) in [6.45, 7) is 7.52. The van der Waals surface area contributed by atoms with Gasteiger partial charge in [0.15, 0.2) is 0 Å². The van der Waals surface area contributed by atoms with Gasteiger partial charge in [0, 0.05) is 6.54 Å². The van der Waals surface area contributed by atoms with Crippen LogP contribution >= 0.6 is 0 Å². The van der Waals surface area contributed by atoms with Gasteiger partial charge in [-0.25, -0.2) is 0 Å². The number of furan rings is 1. The molecule has 0 unspecified atom stereocenters. The third kappa shape index (κ3) is 3.33. The topological polar surface area (TPSA) is 25.2 Å². The van der Waals surface area contributed by atoms with Crippen molar-refractivity contribution in [3.63, 3.8) is 0 Å². The Bertz CT molecular complexity index is 485. The summed E-state index contributed by atoms with van der Waals surface area (Å²) in [6.07, 6.45) is 0. The van der Waals surface area contributed by atoms with Gasteiger partial charge in [-0.2, -0.15) is 0 Å². The number of hydrogen-bond donors (Lipinski definition) is 1. The molecule has 88 valence electrons. The van der Waals surface area contributed by atoms with Gasteiger partial charge in [-0.05, 0) is 30.2 Å². The molecule has 0 saturated heterocycles. The molecule has 1 aromatic carbocycles. The molecule has 2 heteroatoms. The van der Waals surface area contributed by atoms with E-state index in [9.17, 15) is 0 Å². The van der Waals surface area contributed by atoms with E-state index in [1.165, 1.54) is 5.56 Å². The van der Waals surface area contributed by atoms with Gasteiger partial charge in [0.1, 0.15) is 11.5 Å². The van der Waals surface area contributed by atoms with Gasteiger partial charge in [-0.15, -0.1) is 0 Å². The van der Waals surface area contributed by atoms with Crippen LogP contribution in [0.4, 0.5) is 0 Å². The lowest BCUT2D eigenvalue weighted by Gasteiger charge is -2.06. The first-order valence-electron chi connectivity index (χ1n) is 5.75. The van der Waals surface area contributed by atoms with Crippen LogP contribution in [0, 0.1) is 6.92 Å². The molecule has 2 nitrogen and oxygen atoms in total. The maximum Gasteiger partial charge on any atom is 0.117 e. The van der Waals surface area contributed by atoms with Crippen molar-refractivity contribution in [1.82, 2.24) is 5.32 Å². The molecule has 0 radical (unpaired) electrons. The van der Waals surface area contributed by atoms with E-state index in [-0.39, 0.29) is 0 Å². The molecule has 0 saturated carbocycles. The average Bonchev–Trinajstić information content (AvgIpc) is 2.76. The summed E-state index contributed by atoms with van der Waals surface area (Å²) in [5.74, 6) is 1.91. The van der Waals surface area contributed by atoms with Crippen molar-refractivity contribution in [3.8, 4) is 0 Å². The second-order valence-electron chi connectivity index (χ2n) is 4.09. The normalized spacial score (nSPS) is 10.4. The van der Waals surface area contributed by atoms with Crippen LogP contribution in [-0.4, -0.2) is 6.54 Å². The van der Waals surface area contributed by atoms with E-state index in [1.54, 1.807) is 0 Å². The molecule has 0 aliphatic heterocycles. The quantitative estimate of drug-likeness (QED) is 0.847. The Balaban J connectivity index is 1.81. The molecule has 0 atom stereocenters. The molecule has 0 spiro atoms. The van der Waals surface area contributed by atoms with E-state index < -0.39 is 0 Å². The van der Waals surface area contributed by atoms with Crippen molar-refractivity contribution < 1.29 is 4.42 Å². The summed E-state index contributed by atoms with van der Waals surface area (Å²) in [7, 11) is 0. The van der Waals surface area contributed by atoms with Crippen molar-refractivity contribution in [3.05, 3.63) is 66.1 Å². The van der Waals surface area contributed by atoms with Crippen molar-refractivity contribution in [2.75, 3.05) is 6.54 Å². The Kier molecular flexibility index (Phi) is 3.78. The summed E-state index contributed by atoms with van der Waals surface area (Å²) in [5.41, 5.74) is 2.27. The molecule has 0 fully saturated rings. The predicted molar refractivity (Wildman–Crippen MR) is 70.6 cm³/mol. The Morgan fingerprint density at radius 3 is 2.59 bits per heavy atom. The van der Waals surface area contributed by atoms with Gasteiger partial charge in [0.25, 0.3) is 0 Å². The van der Waals surface area contributed by atoms with E-state index in [1.807, 2.05) is 37.3 Å². The first-order chi connectivity index (χ1) is 8.25. The molecule has 0 aliphatic rings. The molecule has 2 rings (SSSR count). The maximum atomic E-state index is 5.48. The van der Waals surface area contributed by atoms with E-state index in [0.717, 1.165) is 30.2 Å². The standard InChI is InChI=1S/C15H17NO/c1-12(14-6-4-3-5-7-14)10-16-11-15-9-8-13(2)17-15/h3-9,16H,1,10-11H2,2H3. The lowest BCUT2D eigenvalue weighted by molar-refractivity contribution is 0.468. The van der Waals surface area contributed by atoms with Gasteiger partial charge in [-0.3, -0.25) is 0 Å². The number of benzene rings is 1. The molecule has 1 aromatic heterocycles. The van der Waals surface area contributed by atoms with Crippen LogP contribution in [0.5, 0.6) is 0 Å². The van der Waals surface area contributed by atoms with Crippen LogP contribution in [0.15, 0.2) is 53.5 Å². The van der Waals surface area contributed by atoms with Gasteiger partial charge < -0.3 is 9.73 Å². The Hall–Kier alpha value is -1.80. The Morgan fingerprint density at radius 2 is 1.94 bits per heavy atom. The van der Waals surface area contributed by atoms with Crippen LogP contribution in [0.25, 0.3) is 5.57 Å². The summed E-state index contributed by atoms with van der Waals surface area (Å²) >= 11 is 0. The minimum absolute atomic E-state index is 0.736. The number of aryl methyl sites for hydroxylation is 1. The van der Waals surface area contributed by atoms with Crippen LogP contribution in [0.3, 0.4) is 0 Å². The monoisotopic (exact) mass is 227 g/mol. The second kappa shape index (κ2) is 5.51. The van der Waals surface area contributed by atoms with Crippen molar-refractivity contribution in [2.24, 2.45) is 0 Å². The lowest BCUT2D eigenvalue weighted by atomic mass is 10.1. The van der Waals surface area contributed by atoms with Gasteiger partial charge in [-0.1, -0.05) is 36.9 Å². The average molecular weight is 227 g/mol. The van der Waals surface area contributed by atoms with Crippen LogP contribution in [-0.2, 0) is 6.54 Å². The van der Waals surface area contributed by atoms with Gasteiger partial charge in [0.2, 0.25) is 0 Å². The molecule has 17 heavy (non-hydrogen) atoms. The minimum Gasteiger partial charge on any atom is -0.465 e. The maximum absolute atomic E-state index is 5.48. The Labute approximate surface area is 102 Å². The summed E-state index contributed by atoms with van der Waals surface area (Å²) in [4.78, 5) is 0. The van der Waals surface area contributed by atoms with Crippen LogP contribution < -0.4 is 5.32 Å². The summed E-state index contributed by atoms with van der Waals surface area (Å²) in [6, 6.07) is 14.2. The highest BCUT2D eigenvalue weighted by atomic mass is 16.3. The smallest absolute Gasteiger partial charge is 0.117 e. The van der Waals surface area contributed by atoms with E-state index in [2.05, 4.69) is 24.0 Å². The second-order valence-corrected chi connectivity index (χ2v) is 4.09. The lowest BCUT2D eigenvalue weighted by Crippen LogP contribution is -2.15. The predicted octanol–water partition coefficient (Wildman–Crippen LogP) is 3.39. The highest BCUT2D eigenvalue weighted by Gasteiger charge is 2.00. The molecule has 2 aromatic rings. The molecular weight excluding hydrogens is 210 g/mol. The SMILES string of the molecule is C=C(CNCc1ccc(C)o1)c1ccccc1. The summed E-state index contributed by atoms with van der Waals surface area (Å²) < 4.78 is 5.48. The van der Waals surface area contributed by atoms with Crippen LogP contribution in [0.2, 0.25) is 0 Å². The third-order valence-electron chi connectivity index (χ3n) is 2.62. The molecule has 0 aliphatic carbocycles. The zero-order valence-electron chi connectivity index (χ0n) is 10.1. The molecule has 0 amide bonds. The Morgan fingerprint density at radius 1 is 1.18 bits per heavy atom. The third-order valence-corrected chi connectivity index (χ3v) is 2.62. The zero-order valence-corrected chi connectivity index (χ0v) is 10.1. The fraction of sp³-hybridized carbons (Fsp3) is 0.200. The highest BCUT2D eigenvalue weighted by Crippen LogP contribution is 2.11. The highest BCUT2D eigenvalue weighted by molar-refractivity contribution is 5.64. The van der Waals surface area contributed by atoms with E-state index >= 15 is 0 Å². The van der Waals surface area contributed by atoms with E-state index in [0.29, 0.717) is 0 Å². The van der Waals surface area contributed by atoms with Crippen molar-refractivity contribution in [1.29, 1.82) is 0 Å². The summed E-state index contributed by atoms with van der Waals surface area (Å²) in [5, 5.41) is 3.32. The van der Waals surface area contributed by atoms with E-state index in [4.69, 9.17) is 4.42 Å². The number of rotatable bonds is 5. The first kappa shape index (κ1) is 11.7. The first-order valence-corrected chi connectivity index (χ1v) is 5.75. The molecule has 0 bridgehead atoms. The zero-order chi connectivity index (χ0) is 12.1. The van der Waals surface area contributed by atoms with Crippen molar-refractivity contribution >= 4 is 5.57 Å². The molecule has 1 heterocycles. The minimum atomic E-state index is 0.736. The molecular formula is C15H17NO. The fourth-order valence-corrected chi connectivity index (χ4v) is 1.69.